The van der Waals surface area contributed by atoms with Crippen LogP contribution in [-0.2, 0) is 4.79 Å². The van der Waals surface area contributed by atoms with Crippen LogP contribution in [-0.4, -0.2) is 71.5 Å². The van der Waals surface area contributed by atoms with Crippen molar-refractivity contribution in [3.63, 3.8) is 0 Å². The number of ether oxygens (including phenoxy) is 1. The molecule has 0 aliphatic carbocycles. The number of hydrogen-bond acceptors (Lipinski definition) is 8. The Morgan fingerprint density at radius 2 is 1.97 bits per heavy atom. The Hall–Kier alpha value is -3.25. The van der Waals surface area contributed by atoms with E-state index in [1.54, 1.807) is 24.1 Å². The number of nitrogens with zero attached hydrogens (tertiary/aromatic N) is 4. The molecule has 1 aliphatic rings. The first-order chi connectivity index (χ1) is 14.0. The highest BCUT2D eigenvalue weighted by Gasteiger charge is 2.23. The smallest absolute Gasteiger partial charge is 0.345 e. The average Bonchev–Trinajstić information content (AvgIpc) is 3.17. The number of nitrogens with one attached hydrogen (secondary N) is 2. The zero-order chi connectivity index (χ0) is 20.8. The summed E-state index contributed by atoms with van der Waals surface area (Å²) in [4.78, 5) is 42.1. The van der Waals surface area contributed by atoms with Crippen LogP contribution in [0.4, 0.5) is 20.6 Å². The fraction of sp³-hybridized carbons (Fsp3) is 0.353. The van der Waals surface area contributed by atoms with Gasteiger partial charge in [-0.15, -0.1) is 0 Å². The van der Waals surface area contributed by atoms with E-state index in [1.165, 1.54) is 0 Å². The number of carbonyl (C=O) groups is 2. The third-order valence-electron chi connectivity index (χ3n) is 4.30. The minimum Gasteiger partial charge on any atom is -0.495 e. The first-order valence-electron chi connectivity index (χ1n) is 8.77. The highest BCUT2D eigenvalue weighted by Crippen LogP contribution is 2.25. The molecule has 2 aromatic rings. The predicted octanol–water partition coefficient (Wildman–Crippen LogP) is 1.85. The van der Waals surface area contributed by atoms with Gasteiger partial charge < -0.3 is 20.3 Å². The SMILES string of the molecule is COc1ccccc1NC(=O)N1CCN(CC(=O)Nc2ncc([N+](=O)[O-])s2)CC1. The van der Waals surface area contributed by atoms with E-state index in [1.807, 2.05) is 17.0 Å². The molecule has 0 saturated carbocycles. The van der Waals surface area contributed by atoms with Crippen molar-refractivity contribution < 1.29 is 19.2 Å². The summed E-state index contributed by atoms with van der Waals surface area (Å²) in [6, 6.07) is 6.94. The maximum Gasteiger partial charge on any atom is 0.345 e. The summed E-state index contributed by atoms with van der Waals surface area (Å²) in [5, 5.41) is 16.1. The Kier molecular flexibility index (Phi) is 6.57. The number of benzene rings is 1. The molecule has 1 saturated heterocycles. The Morgan fingerprint density at radius 1 is 1.24 bits per heavy atom. The number of hydrogen-bond donors (Lipinski definition) is 2. The van der Waals surface area contributed by atoms with E-state index in [0.29, 0.717) is 37.6 Å². The number of carbonyl (C=O) groups excluding carboxylic acids is 2. The van der Waals surface area contributed by atoms with Crippen molar-refractivity contribution >= 4 is 39.1 Å². The van der Waals surface area contributed by atoms with Gasteiger partial charge in [0.25, 0.3) is 0 Å². The summed E-state index contributed by atoms with van der Waals surface area (Å²) in [5.74, 6) is 0.278. The van der Waals surface area contributed by atoms with E-state index in [4.69, 9.17) is 4.74 Å². The van der Waals surface area contributed by atoms with Crippen molar-refractivity contribution in [3.05, 3.63) is 40.6 Å². The summed E-state index contributed by atoms with van der Waals surface area (Å²) >= 11 is 0.807. The van der Waals surface area contributed by atoms with Gasteiger partial charge >= 0.3 is 11.0 Å². The van der Waals surface area contributed by atoms with Gasteiger partial charge in [-0.05, 0) is 23.5 Å². The number of anilines is 2. The Morgan fingerprint density at radius 3 is 2.62 bits per heavy atom. The lowest BCUT2D eigenvalue weighted by Gasteiger charge is -2.34. The van der Waals surface area contributed by atoms with Crippen LogP contribution in [0.2, 0.25) is 0 Å². The number of amides is 3. The number of rotatable bonds is 6. The number of aromatic nitrogens is 1. The van der Waals surface area contributed by atoms with Crippen LogP contribution >= 0.6 is 11.3 Å². The standard InChI is InChI=1S/C17H20N6O5S/c1-28-13-5-3-2-4-12(13)19-17(25)22-8-6-21(7-9-22)11-14(24)20-16-18-10-15(29-16)23(26)27/h2-5,10H,6-9,11H2,1H3,(H,19,25)(H,18,20,24). The molecule has 11 nitrogen and oxygen atoms in total. The first kappa shape index (κ1) is 20.5. The molecule has 1 aliphatic heterocycles. The van der Waals surface area contributed by atoms with Gasteiger partial charge in [0.1, 0.15) is 11.9 Å². The van der Waals surface area contributed by atoms with E-state index >= 15 is 0 Å². The maximum absolute atomic E-state index is 12.5. The van der Waals surface area contributed by atoms with Crippen LogP contribution in [0.3, 0.4) is 0 Å². The molecule has 0 spiro atoms. The van der Waals surface area contributed by atoms with E-state index in [0.717, 1.165) is 17.5 Å². The minimum absolute atomic E-state index is 0.120. The predicted molar refractivity (Wildman–Crippen MR) is 107 cm³/mol. The number of nitro groups is 1. The van der Waals surface area contributed by atoms with Crippen LogP contribution in [0.1, 0.15) is 0 Å². The highest BCUT2D eigenvalue weighted by atomic mass is 32.1. The summed E-state index contributed by atoms with van der Waals surface area (Å²) in [6.45, 7) is 2.12. The molecular weight excluding hydrogens is 400 g/mol. The summed E-state index contributed by atoms with van der Waals surface area (Å²) < 4.78 is 5.23. The van der Waals surface area contributed by atoms with Crippen molar-refractivity contribution in [2.45, 2.75) is 0 Å². The van der Waals surface area contributed by atoms with Gasteiger partial charge in [-0.2, -0.15) is 0 Å². The van der Waals surface area contributed by atoms with Crippen molar-refractivity contribution in [3.8, 4) is 5.75 Å². The largest absolute Gasteiger partial charge is 0.495 e. The molecule has 0 unspecified atom stereocenters. The zero-order valence-electron chi connectivity index (χ0n) is 15.7. The van der Waals surface area contributed by atoms with Gasteiger partial charge in [0.15, 0.2) is 5.13 Å². The van der Waals surface area contributed by atoms with Crippen LogP contribution in [0.5, 0.6) is 5.75 Å². The summed E-state index contributed by atoms with van der Waals surface area (Å²) in [5.41, 5.74) is 0.597. The molecule has 1 aromatic heterocycles. The van der Waals surface area contributed by atoms with Crippen LogP contribution < -0.4 is 15.4 Å². The Labute approximate surface area is 170 Å². The third-order valence-corrected chi connectivity index (χ3v) is 5.16. The molecule has 0 atom stereocenters. The second-order valence-corrected chi connectivity index (χ2v) is 7.21. The molecule has 0 bridgehead atoms. The summed E-state index contributed by atoms with van der Waals surface area (Å²) in [6.07, 6.45) is 1.11. The molecule has 3 rings (SSSR count). The molecule has 3 amide bonds. The molecular formula is C17H20N6O5S. The number of thiazole rings is 1. The number of para-hydroxylation sites is 2. The van der Waals surface area contributed by atoms with Gasteiger partial charge in [-0.1, -0.05) is 12.1 Å². The molecule has 154 valence electrons. The fourth-order valence-corrected chi connectivity index (χ4v) is 3.47. The van der Waals surface area contributed by atoms with E-state index in [2.05, 4.69) is 15.6 Å². The highest BCUT2D eigenvalue weighted by molar-refractivity contribution is 7.18. The average molecular weight is 420 g/mol. The van der Waals surface area contributed by atoms with E-state index < -0.39 is 4.92 Å². The molecule has 2 N–H and O–H groups in total. The quantitative estimate of drug-likeness (QED) is 0.539. The van der Waals surface area contributed by atoms with Crippen molar-refractivity contribution in [2.75, 3.05) is 50.5 Å². The summed E-state index contributed by atoms with van der Waals surface area (Å²) in [7, 11) is 1.54. The van der Waals surface area contributed by atoms with Gasteiger partial charge in [0.05, 0.1) is 24.3 Å². The molecule has 29 heavy (non-hydrogen) atoms. The Bertz CT molecular complexity index is 896. The van der Waals surface area contributed by atoms with E-state index in [9.17, 15) is 19.7 Å². The number of methoxy groups -OCH3 is 1. The zero-order valence-corrected chi connectivity index (χ0v) is 16.5. The van der Waals surface area contributed by atoms with E-state index in [-0.39, 0.29) is 28.6 Å². The monoisotopic (exact) mass is 420 g/mol. The molecule has 0 radical (unpaired) electrons. The van der Waals surface area contributed by atoms with Crippen LogP contribution in [0.15, 0.2) is 30.5 Å². The van der Waals surface area contributed by atoms with Crippen LogP contribution in [0.25, 0.3) is 0 Å². The number of piperazine rings is 1. The van der Waals surface area contributed by atoms with Gasteiger partial charge in [-0.25, -0.2) is 9.78 Å². The van der Waals surface area contributed by atoms with Gasteiger partial charge in [0.2, 0.25) is 5.91 Å². The normalized spacial score (nSPS) is 14.3. The molecule has 12 heteroatoms. The second kappa shape index (κ2) is 9.30. The Balaban J connectivity index is 1.45. The van der Waals surface area contributed by atoms with Crippen molar-refractivity contribution in [2.24, 2.45) is 0 Å². The van der Waals surface area contributed by atoms with Gasteiger partial charge in [0, 0.05) is 26.2 Å². The van der Waals surface area contributed by atoms with Gasteiger partial charge in [-0.3, -0.25) is 19.8 Å². The van der Waals surface area contributed by atoms with Crippen molar-refractivity contribution in [1.82, 2.24) is 14.8 Å². The molecule has 2 heterocycles. The molecule has 1 fully saturated rings. The third kappa shape index (κ3) is 5.39. The van der Waals surface area contributed by atoms with Crippen LogP contribution in [0, 0.1) is 10.1 Å². The first-order valence-corrected chi connectivity index (χ1v) is 9.59. The topological polar surface area (TPSA) is 130 Å². The lowest BCUT2D eigenvalue weighted by Crippen LogP contribution is -2.51. The molecule has 1 aromatic carbocycles. The maximum atomic E-state index is 12.5. The second-order valence-electron chi connectivity index (χ2n) is 6.20. The van der Waals surface area contributed by atoms with Crippen molar-refractivity contribution in [1.29, 1.82) is 0 Å². The number of urea groups is 1. The lowest BCUT2D eigenvalue weighted by atomic mass is 10.3. The minimum atomic E-state index is -0.553. The lowest BCUT2D eigenvalue weighted by molar-refractivity contribution is -0.380. The fourth-order valence-electron chi connectivity index (χ4n) is 2.82.